The van der Waals surface area contributed by atoms with E-state index in [1.165, 1.54) is 42.5 Å². The zero-order valence-corrected chi connectivity index (χ0v) is 15.6. The van der Waals surface area contributed by atoms with Gasteiger partial charge in [0.05, 0.1) is 4.92 Å². The predicted octanol–water partition coefficient (Wildman–Crippen LogP) is 4.76. The molecular formula is C20H14FN3O4S. The highest BCUT2D eigenvalue weighted by Gasteiger charge is 2.09. The number of carbonyl (C=O) groups excluding carboxylic acids is 1. The molecule has 0 aliphatic heterocycles. The lowest BCUT2D eigenvalue weighted by atomic mass is 10.2. The highest BCUT2D eigenvalue weighted by atomic mass is 32.1. The van der Waals surface area contributed by atoms with Crippen LogP contribution in [0.4, 0.5) is 21.5 Å². The third-order valence-electron chi connectivity index (χ3n) is 3.73. The Balaban J connectivity index is 1.59. The van der Waals surface area contributed by atoms with E-state index in [1.54, 1.807) is 30.3 Å². The van der Waals surface area contributed by atoms with Crippen molar-refractivity contribution in [2.45, 2.75) is 0 Å². The summed E-state index contributed by atoms with van der Waals surface area (Å²) >= 11 is 5.10. The fraction of sp³-hybridized carbons (Fsp3) is 0. The van der Waals surface area contributed by atoms with Gasteiger partial charge in [-0.1, -0.05) is 6.07 Å². The van der Waals surface area contributed by atoms with Gasteiger partial charge in [-0.2, -0.15) is 0 Å². The quantitative estimate of drug-likeness (QED) is 0.357. The predicted molar refractivity (Wildman–Crippen MR) is 111 cm³/mol. The van der Waals surface area contributed by atoms with Crippen LogP contribution < -0.4 is 15.4 Å². The molecule has 3 aromatic carbocycles. The van der Waals surface area contributed by atoms with Crippen LogP contribution in [0.15, 0.2) is 72.8 Å². The molecule has 9 heteroatoms. The molecule has 0 atom stereocenters. The Kier molecular flexibility index (Phi) is 6.10. The summed E-state index contributed by atoms with van der Waals surface area (Å²) in [6, 6.07) is 17.5. The number of carbonyl (C=O) groups is 1. The Morgan fingerprint density at radius 1 is 0.966 bits per heavy atom. The molecular weight excluding hydrogens is 397 g/mol. The zero-order valence-electron chi connectivity index (χ0n) is 14.8. The number of ether oxygens (including phenoxy) is 1. The van der Waals surface area contributed by atoms with E-state index in [4.69, 9.17) is 17.0 Å². The summed E-state index contributed by atoms with van der Waals surface area (Å²) in [4.78, 5) is 22.5. The lowest BCUT2D eigenvalue weighted by Gasteiger charge is -2.10. The van der Waals surface area contributed by atoms with Crippen molar-refractivity contribution in [2.75, 3.05) is 10.6 Å². The number of halogens is 1. The molecule has 3 rings (SSSR count). The van der Waals surface area contributed by atoms with Crippen molar-refractivity contribution < 1.29 is 18.8 Å². The van der Waals surface area contributed by atoms with Crippen molar-refractivity contribution in [3.63, 3.8) is 0 Å². The van der Waals surface area contributed by atoms with Crippen molar-refractivity contribution in [2.24, 2.45) is 0 Å². The molecule has 1 amide bonds. The number of anilines is 2. The molecule has 0 aliphatic carbocycles. The minimum absolute atomic E-state index is 0.00554. The summed E-state index contributed by atoms with van der Waals surface area (Å²) in [6.45, 7) is 0. The molecule has 0 unspecified atom stereocenters. The Bertz CT molecular complexity index is 1060. The van der Waals surface area contributed by atoms with Crippen molar-refractivity contribution in [3.8, 4) is 5.75 Å². The largest absolute Gasteiger partial charge is 0.432 e. The standard InChI is InChI=1S/C20H14FN3O4S/c21-14-6-8-15(9-7-14)22-19(25)13-4-10-18(11-5-13)28-20(29)23-16-2-1-3-17(12-16)24(26)27/h1-12H,(H,22,25)(H,23,29). The van der Waals surface area contributed by atoms with Gasteiger partial charge in [0, 0.05) is 29.1 Å². The van der Waals surface area contributed by atoms with Crippen LogP contribution in [0.1, 0.15) is 10.4 Å². The maximum Gasteiger partial charge on any atom is 0.271 e. The fourth-order valence-corrected chi connectivity index (χ4v) is 2.57. The van der Waals surface area contributed by atoms with Crippen molar-refractivity contribution >= 4 is 40.4 Å². The summed E-state index contributed by atoms with van der Waals surface area (Å²) in [6.07, 6.45) is 0. The van der Waals surface area contributed by atoms with E-state index in [0.717, 1.165) is 0 Å². The van der Waals surface area contributed by atoms with Crippen LogP contribution in [0.2, 0.25) is 0 Å². The van der Waals surface area contributed by atoms with E-state index >= 15 is 0 Å². The Morgan fingerprint density at radius 3 is 2.31 bits per heavy atom. The molecule has 0 aliphatic rings. The van der Waals surface area contributed by atoms with E-state index < -0.39 is 4.92 Å². The maximum atomic E-state index is 12.9. The first-order valence-corrected chi connectivity index (χ1v) is 8.72. The molecule has 29 heavy (non-hydrogen) atoms. The van der Waals surface area contributed by atoms with E-state index in [-0.39, 0.29) is 22.6 Å². The first-order valence-electron chi connectivity index (χ1n) is 8.31. The fourth-order valence-electron chi connectivity index (χ4n) is 2.36. The van der Waals surface area contributed by atoms with Gasteiger partial charge in [-0.25, -0.2) is 4.39 Å². The first-order chi connectivity index (χ1) is 13.9. The number of thiocarbonyl (C=S) groups is 1. The van der Waals surface area contributed by atoms with E-state index in [1.807, 2.05) is 0 Å². The smallest absolute Gasteiger partial charge is 0.271 e. The number of nitrogens with one attached hydrogen (secondary N) is 2. The molecule has 0 bridgehead atoms. The molecule has 2 N–H and O–H groups in total. The number of non-ortho nitro benzene ring substituents is 1. The van der Waals surface area contributed by atoms with Gasteiger partial charge >= 0.3 is 0 Å². The van der Waals surface area contributed by atoms with Crippen molar-refractivity contribution in [1.82, 2.24) is 0 Å². The van der Waals surface area contributed by atoms with Crippen molar-refractivity contribution in [1.29, 1.82) is 0 Å². The second-order valence-electron chi connectivity index (χ2n) is 5.81. The molecule has 146 valence electrons. The summed E-state index contributed by atoms with van der Waals surface area (Å²) in [5.41, 5.74) is 1.19. The number of nitro groups is 1. The zero-order chi connectivity index (χ0) is 20.8. The number of nitrogens with zero attached hydrogens (tertiary/aromatic N) is 1. The van der Waals surface area contributed by atoms with Gasteiger partial charge in [-0.05, 0) is 66.8 Å². The average Bonchev–Trinajstić information content (AvgIpc) is 2.70. The van der Waals surface area contributed by atoms with Gasteiger partial charge in [0.2, 0.25) is 0 Å². The molecule has 0 spiro atoms. The SMILES string of the molecule is O=C(Nc1ccc(F)cc1)c1ccc(OC(=S)Nc2cccc([N+](=O)[O-])c2)cc1. The van der Waals surface area contributed by atoms with Gasteiger partial charge in [-0.15, -0.1) is 0 Å². The topological polar surface area (TPSA) is 93.5 Å². The second kappa shape index (κ2) is 8.89. The molecule has 0 aromatic heterocycles. The van der Waals surface area contributed by atoms with Crippen LogP contribution in [0.5, 0.6) is 5.75 Å². The number of hydrogen-bond acceptors (Lipinski definition) is 5. The van der Waals surface area contributed by atoms with E-state index in [2.05, 4.69) is 10.6 Å². The second-order valence-corrected chi connectivity index (χ2v) is 6.18. The Labute approximate surface area is 170 Å². The summed E-state index contributed by atoms with van der Waals surface area (Å²) in [5.74, 6) is -0.370. The van der Waals surface area contributed by atoms with Crippen LogP contribution in [0.25, 0.3) is 0 Å². The molecule has 7 nitrogen and oxygen atoms in total. The normalized spacial score (nSPS) is 10.1. The molecule has 0 radical (unpaired) electrons. The Hall–Kier alpha value is -3.85. The molecule has 0 fully saturated rings. The highest BCUT2D eigenvalue weighted by molar-refractivity contribution is 7.80. The number of nitro benzene ring substituents is 1. The number of rotatable bonds is 5. The first kappa shape index (κ1) is 19.9. The van der Waals surface area contributed by atoms with Gasteiger partial charge in [0.15, 0.2) is 0 Å². The number of hydrogen-bond donors (Lipinski definition) is 2. The monoisotopic (exact) mass is 411 g/mol. The Morgan fingerprint density at radius 2 is 1.66 bits per heavy atom. The highest BCUT2D eigenvalue weighted by Crippen LogP contribution is 2.19. The van der Waals surface area contributed by atoms with Gasteiger partial charge in [0.25, 0.3) is 16.8 Å². The molecule has 0 heterocycles. The minimum atomic E-state index is -0.509. The van der Waals surface area contributed by atoms with Crippen LogP contribution in [0, 0.1) is 15.9 Å². The van der Waals surface area contributed by atoms with Crippen LogP contribution in [0.3, 0.4) is 0 Å². The molecule has 0 saturated carbocycles. The lowest BCUT2D eigenvalue weighted by Crippen LogP contribution is -2.16. The maximum absolute atomic E-state index is 12.9. The van der Waals surface area contributed by atoms with Gasteiger partial charge in [-0.3, -0.25) is 14.9 Å². The minimum Gasteiger partial charge on any atom is -0.432 e. The van der Waals surface area contributed by atoms with Crippen molar-refractivity contribution in [3.05, 3.63) is 94.3 Å². The summed E-state index contributed by atoms with van der Waals surface area (Å²) in [5, 5.41) is 16.2. The third kappa shape index (κ3) is 5.56. The van der Waals surface area contributed by atoms with E-state index in [0.29, 0.717) is 22.7 Å². The van der Waals surface area contributed by atoms with Gasteiger partial charge < -0.3 is 15.4 Å². The number of benzene rings is 3. The lowest BCUT2D eigenvalue weighted by molar-refractivity contribution is -0.384. The van der Waals surface area contributed by atoms with Crippen LogP contribution in [-0.4, -0.2) is 16.0 Å². The molecule has 3 aromatic rings. The summed E-state index contributed by atoms with van der Waals surface area (Å²) < 4.78 is 18.4. The van der Waals surface area contributed by atoms with Gasteiger partial charge in [0.1, 0.15) is 11.6 Å². The number of amides is 1. The van der Waals surface area contributed by atoms with Crippen LogP contribution in [-0.2, 0) is 0 Å². The van der Waals surface area contributed by atoms with E-state index in [9.17, 15) is 19.3 Å². The third-order valence-corrected chi connectivity index (χ3v) is 3.92. The molecule has 0 saturated heterocycles. The van der Waals surface area contributed by atoms with Crippen LogP contribution >= 0.6 is 12.2 Å². The summed E-state index contributed by atoms with van der Waals surface area (Å²) in [7, 11) is 0. The average molecular weight is 411 g/mol.